The van der Waals surface area contributed by atoms with Gasteiger partial charge in [-0.2, -0.15) is 0 Å². The molecule has 3 nitrogen and oxygen atoms in total. The van der Waals surface area contributed by atoms with Crippen LogP contribution in [0.3, 0.4) is 0 Å². The van der Waals surface area contributed by atoms with Crippen LogP contribution in [-0.4, -0.2) is 43.6 Å². The van der Waals surface area contributed by atoms with Crippen LogP contribution in [0.2, 0.25) is 0 Å². The van der Waals surface area contributed by atoms with Gasteiger partial charge in [-0.05, 0) is 20.3 Å². The summed E-state index contributed by atoms with van der Waals surface area (Å²) in [6, 6.07) is 0.271. The molecule has 0 radical (unpaired) electrons. The first-order chi connectivity index (χ1) is 7.32. The lowest BCUT2D eigenvalue weighted by Crippen LogP contribution is -3.00. The Morgan fingerprint density at radius 3 is 2.24 bits per heavy atom. The standard InChI is InChI=1S/C13H26N2O.BrH/c1-7-12(14-13(16)11(3)4)9-10-15(5,6)8-2;/h12H,3,7-10H2,1-2,4-6H3;1H. The predicted molar refractivity (Wildman–Crippen MR) is 69.2 cm³/mol. The van der Waals surface area contributed by atoms with E-state index in [0.29, 0.717) is 5.57 Å². The molecule has 0 rings (SSSR count). The molecule has 1 N–H and O–H groups in total. The van der Waals surface area contributed by atoms with Gasteiger partial charge in [0.05, 0.1) is 27.2 Å². The highest BCUT2D eigenvalue weighted by Crippen LogP contribution is 2.05. The minimum atomic E-state index is -0.0198. The van der Waals surface area contributed by atoms with Crippen molar-refractivity contribution >= 4 is 5.91 Å². The number of nitrogens with zero attached hydrogens (tertiary/aromatic N) is 1. The van der Waals surface area contributed by atoms with Crippen molar-refractivity contribution < 1.29 is 26.3 Å². The van der Waals surface area contributed by atoms with Crippen LogP contribution in [0.15, 0.2) is 12.2 Å². The first-order valence-corrected chi connectivity index (χ1v) is 6.10. The lowest BCUT2D eigenvalue weighted by Gasteiger charge is -2.30. The molecule has 0 saturated heterocycles. The Kier molecular flexibility index (Phi) is 9.72. The molecule has 0 aromatic rings. The Hall–Kier alpha value is -0.350. The van der Waals surface area contributed by atoms with Gasteiger partial charge in [0.2, 0.25) is 5.91 Å². The van der Waals surface area contributed by atoms with E-state index in [4.69, 9.17) is 0 Å². The lowest BCUT2D eigenvalue weighted by molar-refractivity contribution is -0.888. The van der Waals surface area contributed by atoms with Gasteiger partial charge in [0, 0.05) is 18.0 Å². The van der Waals surface area contributed by atoms with Crippen LogP contribution in [0.1, 0.15) is 33.6 Å². The summed E-state index contributed by atoms with van der Waals surface area (Å²) in [7, 11) is 4.43. The molecule has 0 saturated carbocycles. The van der Waals surface area contributed by atoms with E-state index < -0.39 is 0 Å². The zero-order valence-corrected chi connectivity index (χ0v) is 13.4. The van der Waals surface area contributed by atoms with Gasteiger partial charge in [-0.1, -0.05) is 13.5 Å². The Labute approximate surface area is 117 Å². The molecular weight excluding hydrogens is 280 g/mol. The third-order valence-corrected chi connectivity index (χ3v) is 3.15. The van der Waals surface area contributed by atoms with Crippen LogP contribution in [-0.2, 0) is 4.79 Å². The van der Waals surface area contributed by atoms with Crippen LogP contribution < -0.4 is 22.3 Å². The Morgan fingerprint density at radius 2 is 1.88 bits per heavy atom. The first kappa shape index (κ1) is 19.0. The van der Waals surface area contributed by atoms with Gasteiger partial charge in [-0.25, -0.2) is 0 Å². The molecule has 17 heavy (non-hydrogen) atoms. The Balaban J connectivity index is 0. The van der Waals surface area contributed by atoms with E-state index in [9.17, 15) is 4.79 Å². The third-order valence-electron chi connectivity index (χ3n) is 3.15. The molecule has 4 heteroatoms. The monoisotopic (exact) mass is 306 g/mol. The topological polar surface area (TPSA) is 29.1 Å². The second-order valence-electron chi connectivity index (χ2n) is 5.12. The van der Waals surface area contributed by atoms with Crippen LogP contribution in [0.25, 0.3) is 0 Å². The van der Waals surface area contributed by atoms with E-state index >= 15 is 0 Å². The van der Waals surface area contributed by atoms with Crippen molar-refractivity contribution in [3.63, 3.8) is 0 Å². The zero-order chi connectivity index (χ0) is 12.8. The summed E-state index contributed by atoms with van der Waals surface area (Å²) < 4.78 is 0.999. The van der Waals surface area contributed by atoms with Crippen LogP contribution in [0, 0.1) is 0 Å². The fourth-order valence-electron chi connectivity index (χ4n) is 1.35. The number of hydrogen-bond donors (Lipinski definition) is 1. The second kappa shape index (κ2) is 8.70. The summed E-state index contributed by atoms with van der Waals surface area (Å²) in [5.74, 6) is -0.0198. The molecule has 1 atom stereocenters. The zero-order valence-electron chi connectivity index (χ0n) is 11.8. The summed E-state index contributed by atoms with van der Waals surface area (Å²) in [4.78, 5) is 11.5. The van der Waals surface area contributed by atoms with Gasteiger partial charge in [-0.15, -0.1) is 0 Å². The van der Waals surface area contributed by atoms with Gasteiger partial charge in [-0.3, -0.25) is 4.79 Å². The highest BCUT2D eigenvalue weighted by Gasteiger charge is 2.17. The van der Waals surface area contributed by atoms with Crippen LogP contribution in [0.4, 0.5) is 0 Å². The van der Waals surface area contributed by atoms with E-state index in [1.54, 1.807) is 6.92 Å². The summed E-state index contributed by atoms with van der Waals surface area (Å²) >= 11 is 0. The summed E-state index contributed by atoms with van der Waals surface area (Å²) in [6.45, 7) is 11.9. The maximum atomic E-state index is 11.5. The smallest absolute Gasteiger partial charge is 0.246 e. The van der Waals surface area contributed by atoms with Crippen molar-refractivity contribution in [3.05, 3.63) is 12.2 Å². The van der Waals surface area contributed by atoms with Gasteiger partial charge in [0.1, 0.15) is 0 Å². The largest absolute Gasteiger partial charge is 1.00 e. The highest BCUT2D eigenvalue weighted by atomic mass is 79.9. The molecule has 1 unspecified atom stereocenters. The second-order valence-corrected chi connectivity index (χ2v) is 5.12. The molecule has 0 fully saturated rings. The summed E-state index contributed by atoms with van der Waals surface area (Å²) in [5.41, 5.74) is 0.586. The number of nitrogens with one attached hydrogen (secondary N) is 1. The van der Waals surface area contributed by atoms with Crippen molar-refractivity contribution in [1.29, 1.82) is 0 Å². The number of carbonyl (C=O) groups excluding carboxylic acids is 1. The Morgan fingerprint density at radius 1 is 1.35 bits per heavy atom. The molecule has 1 amide bonds. The number of carbonyl (C=O) groups is 1. The lowest BCUT2D eigenvalue weighted by atomic mass is 10.1. The SMILES string of the molecule is C=C(C)C(=O)NC(CC)CC[N+](C)(C)CC.[Br-]. The minimum Gasteiger partial charge on any atom is -1.00 e. The van der Waals surface area contributed by atoms with Gasteiger partial charge in [0.25, 0.3) is 0 Å². The molecule has 0 aliphatic heterocycles. The molecule has 102 valence electrons. The molecule has 0 aromatic heterocycles. The van der Waals surface area contributed by atoms with Crippen LogP contribution >= 0.6 is 0 Å². The van der Waals surface area contributed by atoms with Crippen molar-refractivity contribution in [1.82, 2.24) is 5.32 Å². The van der Waals surface area contributed by atoms with Crippen molar-refractivity contribution in [2.24, 2.45) is 0 Å². The number of rotatable bonds is 7. The first-order valence-electron chi connectivity index (χ1n) is 6.10. The van der Waals surface area contributed by atoms with Gasteiger partial charge < -0.3 is 26.8 Å². The third kappa shape index (κ3) is 8.38. The Bertz CT molecular complexity index is 252. The van der Waals surface area contributed by atoms with E-state index in [1.807, 2.05) is 0 Å². The van der Waals surface area contributed by atoms with Crippen molar-refractivity contribution in [3.8, 4) is 0 Å². The average Bonchev–Trinajstić information content (AvgIpc) is 2.23. The van der Waals surface area contributed by atoms with Crippen LogP contribution in [0.5, 0.6) is 0 Å². The van der Waals surface area contributed by atoms with Gasteiger partial charge >= 0.3 is 0 Å². The summed E-state index contributed by atoms with van der Waals surface area (Å²) in [5, 5.41) is 3.01. The quantitative estimate of drug-likeness (QED) is 0.472. The molecule has 0 heterocycles. The minimum absolute atomic E-state index is 0. The van der Waals surface area contributed by atoms with Crippen molar-refractivity contribution in [2.75, 3.05) is 27.2 Å². The van der Waals surface area contributed by atoms with E-state index in [0.717, 1.165) is 30.4 Å². The fraction of sp³-hybridized carbons (Fsp3) is 0.769. The molecule has 0 spiro atoms. The van der Waals surface area contributed by atoms with Gasteiger partial charge in [0.15, 0.2) is 0 Å². The molecule has 0 aromatic carbocycles. The maximum absolute atomic E-state index is 11.5. The number of halogens is 1. The molecular formula is C13H27BrN2O. The molecule has 0 aliphatic rings. The molecule has 0 aliphatic carbocycles. The predicted octanol–water partition coefficient (Wildman–Crippen LogP) is -1.05. The number of quaternary nitrogens is 1. The maximum Gasteiger partial charge on any atom is 0.246 e. The average molecular weight is 307 g/mol. The highest BCUT2D eigenvalue weighted by molar-refractivity contribution is 5.92. The fourth-order valence-corrected chi connectivity index (χ4v) is 1.35. The number of hydrogen-bond acceptors (Lipinski definition) is 1. The number of amides is 1. The van der Waals surface area contributed by atoms with E-state index in [1.165, 1.54) is 0 Å². The van der Waals surface area contributed by atoms with E-state index in [2.05, 4.69) is 39.8 Å². The molecule has 0 bridgehead atoms. The van der Waals surface area contributed by atoms with Crippen molar-refractivity contribution in [2.45, 2.75) is 39.7 Å². The normalized spacial score (nSPS) is 12.5. The summed E-state index contributed by atoms with van der Waals surface area (Å²) in [6.07, 6.45) is 2.00. The van der Waals surface area contributed by atoms with E-state index in [-0.39, 0.29) is 28.9 Å².